The van der Waals surface area contributed by atoms with Crippen molar-refractivity contribution in [3.63, 3.8) is 0 Å². The van der Waals surface area contributed by atoms with Crippen molar-refractivity contribution in [2.75, 3.05) is 12.8 Å². The zero-order valence-electron chi connectivity index (χ0n) is 8.72. The molecular weight excluding hydrogens is 207 g/mol. The minimum absolute atomic E-state index is 0.167. The van der Waals surface area contributed by atoms with Crippen LogP contribution in [0.4, 0.5) is 0 Å². The summed E-state index contributed by atoms with van der Waals surface area (Å²) in [5, 5.41) is 8.98. The van der Waals surface area contributed by atoms with Gasteiger partial charge in [-0.3, -0.25) is 0 Å². The summed E-state index contributed by atoms with van der Waals surface area (Å²) in [7, 11) is -1.06. The topological polar surface area (TPSA) is 37.3 Å². The van der Waals surface area contributed by atoms with Crippen LogP contribution in [-0.4, -0.2) is 17.9 Å². The lowest BCUT2D eigenvalue weighted by atomic mass is 10.00. The zero-order chi connectivity index (χ0) is 10.7. The number of aliphatic hydroxyl groups excluding tert-OH is 1. The molecule has 0 bridgehead atoms. The highest BCUT2D eigenvalue weighted by molar-refractivity contribution is 7.45. The summed E-state index contributed by atoms with van der Waals surface area (Å²) in [4.78, 5) is 0. The Balaban J connectivity index is 2.29. The Morgan fingerprint density at radius 3 is 2.87 bits per heavy atom. The maximum Gasteiger partial charge on any atom is 0.346 e. The molecule has 1 heterocycles. The Bertz CT molecular complexity index is 362. The van der Waals surface area contributed by atoms with E-state index < -0.39 is 7.80 Å². The van der Waals surface area contributed by atoms with Crippen LogP contribution in [0.25, 0.3) is 0 Å². The molecule has 3 heteroatoms. The smallest absolute Gasteiger partial charge is 0.346 e. The first-order chi connectivity index (χ1) is 7.33. The summed E-state index contributed by atoms with van der Waals surface area (Å²) in [6.07, 6.45) is 3.66. The van der Waals surface area contributed by atoms with E-state index in [1.54, 1.807) is 0 Å². The molecule has 2 nitrogen and oxygen atoms in total. The maximum atomic E-state index is 11.8. The maximum absolute atomic E-state index is 11.8. The fourth-order valence-electron chi connectivity index (χ4n) is 2.26. The second kappa shape index (κ2) is 4.87. The van der Waals surface area contributed by atoms with E-state index in [1.807, 2.05) is 18.2 Å². The van der Waals surface area contributed by atoms with Crippen molar-refractivity contribution >= 4 is 7.80 Å². The van der Waals surface area contributed by atoms with Crippen LogP contribution in [0.1, 0.15) is 29.6 Å². The quantitative estimate of drug-likeness (QED) is 0.800. The molecule has 1 aromatic rings. The molecule has 0 amide bonds. The molecule has 2 rings (SSSR count). The van der Waals surface area contributed by atoms with Crippen LogP contribution in [0.3, 0.4) is 0 Å². The predicted octanol–water partition coefficient (Wildman–Crippen LogP) is 2.88. The van der Waals surface area contributed by atoms with E-state index in [1.165, 1.54) is 5.56 Å². The zero-order valence-corrected chi connectivity index (χ0v) is 9.62. The van der Waals surface area contributed by atoms with Gasteiger partial charge in [0, 0.05) is 18.6 Å². The summed E-state index contributed by atoms with van der Waals surface area (Å²) in [6, 6.07) is 8.08. The number of hydrogen-bond donors (Lipinski definition) is 1. The van der Waals surface area contributed by atoms with Crippen molar-refractivity contribution in [3.8, 4) is 0 Å². The SMILES string of the molecule is O=[P+]1CCC[C@@H]1c1ccccc1CCO. The molecule has 1 unspecified atom stereocenters. The van der Waals surface area contributed by atoms with E-state index in [9.17, 15) is 4.57 Å². The summed E-state index contributed by atoms with van der Waals surface area (Å²) in [6.45, 7) is 0.167. The van der Waals surface area contributed by atoms with Crippen molar-refractivity contribution in [1.82, 2.24) is 0 Å². The van der Waals surface area contributed by atoms with Gasteiger partial charge in [-0.05, 0) is 18.4 Å². The molecule has 15 heavy (non-hydrogen) atoms. The molecule has 0 aromatic heterocycles. The van der Waals surface area contributed by atoms with E-state index in [2.05, 4.69) is 6.07 Å². The average molecular weight is 223 g/mol. The lowest BCUT2D eigenvalue weighted by Crippen LogP contribution is -1.99. The molecule has 1 saturated heterocycles. The van der Waals surface area contributed by atoms with Gasteiger partial charge in [-0.2, -0.15) is 0 Å². The first-order valence-corrected chi connectivity index (χ1v) is 6.97. The molecule has 1 aromatic carbocycles. The normalized spacial score (nSPS) is 23.3. The third kappa shape index (κ3) is 2.27. The van der Waals surface area contributed by atoms with Gasteiger partial charge in [0.1, 0.15) is 6.16 Å². The molecule has 0 aliphatic carbocycles. The number of benzene rings is 1. The molecule has 0 radical (unpaired) electrons. The van der Waals surface area contributed by atoms with E-state index in [4.69, 9.17) is 5.11 Å². The fraction of sp³-hybridized carbons (Fsp3) is 0.500. The Morgan fingerprint density at radius 2 is 2.20 bits per heavy atom. The third-order valence-electron chi connectivity index (χ3n) is 3.00. The van der Waals surface area contributed by atoms with Gasteiger partial charge in [0.25, 0.3) is 0 Å². The summed E-state index contributed by atoms with van der Waals surface area (Å²) in [5.41, 5.74) is 2.60. The summed E-state index contributed by atoms with van der Waals surface area (Å²) in [5.74, 6) is 0. The van der Waals surface area contributed by atoms with Gasteiger partial charge in [-0.25, -0.2) is 0 Å². The summed E-state index contributed by atoms with van der Waals surface area (Å²) < 4.78 is 11.8. The first-order valence-electron chi connectivity index (χ1n) is 5.45. The van der Waals surface area contributed by atoms with Crippen LogP contribution < -0.4 is 0 Å². The van der Waals surface area contributed by atoms with Crippen molar-refractivity contribution in [2.24, 2.45) is 0 Å². The second-order valence-electron chi connectivity index (χ2n) is 3.97. The van der Waals surface area contributed by atoms with Gasteiger partial charge in [0.05, 0.1) is 0 Å². The van der Waals surface area contributed by atoms with Crippen LogP contribution in [0.15, 0.2) is 24.3 Å². The standard InChI is InChI=1S/C12H16O2P/c13-8-7-10-4-1-2-5-11(10)12-6-3-9-15(12)14/h1-2,4-5,12-13H,3,6-9H2/q+1/t12-/m1/s1. The van der Waals surface area contributed by atoms with E-state index in [0.717, 1.165) is 24.6 Å². The Hall–Kier alpha value is -0.720. The number of rotatable bonds is 3. The first kappa shape index (κ1) is 10.8. The van der Waals surface area contributed by atoms with Gasteiger partial charge < -0.3 is 5.11 Å². The van der Waals surface area contributed by atoms with Crippen molar-refractivity contribution in [3.05, 3.63) is 35.4 Å². The largest absolute Gasteiger partial charge is 0.396 e. The lowest BCUT2D eigenvalue weighted by molar-refractivity contribution is 0.299. The minimum atomic E-state index is -1.06. The molecule has 1 aliphatic rings. The van der Waals surface area contributed by atoms with E-state index >= 15 is 0 Å². The molecule has 80 valence electrons. The average Bonchev–Trinajstić information content (AvgIpc) is 2.66. The van der Waals surface area contributed by atoms with Gasteiger partial charge >= 0.3 is 7.80 Å². The highest BCUT2D eigenvalue weighted by Gasteiger charge is 2.38. The van der Waals surface area contributed by atoms with Gasteiger partial charge in [-0.15, -0.1) is 0 Å². The highest BCUT2D eigenvalue weighted by atomic mass is 31.1. The minimum Gasteiger partial charge on any atom is -0.396 e. The van der Waals surface area contributed by atoms with Crippen molar-refractivity contribution in [2.45, 2.75) is 24.9 Å². The number of aliphatic hydroxyl groups is 1. The molecule has 2 atom stereocenters. The number of hydrogen-bond acceptors (Lipinski definition) is 2. The van der Waals surface area contributed by atoms with Gasteiger partial charge in [0.2, 0.25) is 0 Å². The van der Waals surface area contributed by atoms with Crippen molar-refractivity contribution in [1.29, 1.82) is 0 Å². The molecular formula is C12H16O2P+. The molecule has 0 spiro atoms. The molecule has 1 aliphatic heterocycles. The van der Waals surface area contributed by atoms with Crippen LogP contribution in [0.2, 0.25) is 0 Å². The Labute approximate surface area is 91.1 Å². The van der Waals surface area contributed by atoms with Crippen LogP contribution in [0, 0.1) is 0 Å². The summed E-state index contributed by atoms with van der Waals surface area (Å²) >= 11 is 0. The fourth-order valence-corrected chi connectivity index (χ4v) is 4.10. The van der Waals surface area contributed by atoms with Crippen LogP contribution >= 0.6 is 7.80 Å². The predicted molar refractivity (Wildman–Crippen MR) is 61.7 cm³/mol. The monoisotopic (exact) mass is 223 g/mol. The van der Waals surface area contributed by atoms with Crippen LogP contribution in [0.5, 0.6) is 0 Å². The lowest BCUT2D eigenvalue weighted by Gasteiger charge is -2.08. The molecule has 1 N–H and O–H groups in total. The molecule has 0 saturated carbocycles. The van der Waals surface area contributed by atoms with Gasteiger partial charge in [-0.1, -0.05) is 28.8 Å². The van der Waals surface area contributed by atoms with E-state index in [0.29, 0.717) is 6.42 Å². The Morgan fingerprint density at radius 1 is 1.40 bits per heavy atom. The van der Waals surface area contributed by atoms with Crippen molar-refractivity contribution < 1.29 is 9.67 Å². The molecule has 1 fully saturated rings. The van der Waals surface area contributed by atoms with Gasteiger partial charge in [0.15, 0.2) is 5.66 Å². The van der Waals surface area contributed by atoms with E-state index in [-0.39, 0.29) is 12.3 Å². The third-order valence-corrected chi connectivity index (χ3v) is 4.99. The highest BCUT2D eigenvalue weighted by Crippen LogP contribution is 2.51. The Kier molecular flexibility index (Phi) is 3.50. The van der Waals surface area contributed by atoms with Crippen LogP contribution in [-0.2, 0) is 11.0 Å². The second-order valence-corrected chi connectivity index (χ2v) is 5.88.